The second kappa shape index (κ2) is 11.0. The van der Waals surface area contributed by atoms with E-state index < -0.39 is 11.2 Å². The Hall–Kier alpha value is -2.74. The molecule has 9 heteroatoms. The number of nitrogen functional groups attached to an aromatic ring is 1. The van der Waals surface area contributed by atoms with E-state index in [1.54, 1.807) is 4.90 Å². The molecule has 0 saturated carbocycles. The first-order chi connectivity index (χ1) is 14.6. The number of benzene rings is 1. The van der Waals surface area contributed by atoms with Crippen LogP contribution in [0, 0.1) is 11.8 Å². The molecule has 0 radical (unpaired) electrons. The molecular formula is C22H32ClN5O3. The van der Waals surface area contributed by atoms with Crippen LogP contribution >= 0.6 is 11.6 Å². The van der Waals surface area contributed by atoms with E-state index in [0.717, 1.165) is 5.56 Å². The molecule has 0 aliphatic rings. The first-order valence-electron chi connectivity index (χ1n) is 10.5. The number of halogens is 1. The highest BCUT2D eigenvalue weighted by atomic mass is 35.5. The van der Waals surface area contributed by atoms with Crippen LogP contribution in [0.15, 0.2) is 33.9 Å². The first-order valence-corrected chi connectivity index (χ1v) is 10.8. The highest BCUT2D eigenvalue weighted by molar-refractivity contribution is 6.30. The van der Waals surface area contributed by atoms with Crippen LogP contribution in [0.5, 0.6) is 0 Å². The van der Waals surface area contributed by atoms with Crippen molar-refractivity contribution >= 4 is 29.0 Å². The number of amides is 1. The summed E-state index contributed by atoms with van der Waals surface area (Å²) < 4.78 is 1.35. The van der Waals surface area contributed by atoms with E-state index in [1.807, 2.05) is 52.0 Å². The quantitative estimate of drug-likeness (QED) is 0.514. The topological polar surface area (TPSA) is 113 Å². The van der Waals surface area contributed by atoms with Gasteiger partial charge < -0.3 is 16.0 Å². The van der Waals surface area contributed by atoms with Crippen molar-refractivity contribution in [1.82, 2.24) is 14.9 Å². The van der Waals surface area contributed by atoms with Gasteiger partial charge in [0, 0.05) is 24.7 Å². The van der Waals surface area contributed by atoms with Gasteiger partial charge in [-0.15, -0.1) is 0 Å². The van der Waals surface area contributed by atoms with Gasteiger partial charge in [0.05, 0.1) is 6.54 Å². The fourth-order valence-electron chi connectivity index (χ4n) is 3.33. The molecule has 0 spiro atoms. The highest BCUT2D eigenvalue weighted by Crippen LogP contribution is 2.18. The molecule has 31 heavy (non-hydrogen) atoms. The number of hydrogen-bond acceptors (Lipinski definition) is 5. The maximum Gasteiger partial charge on any atom is 0.330 e. The van der Waals surface area contributed by atoms with Crippen molar-refractivity contribution in [1.29, 1.82) is 0 Å². The van der Waals surface area contributed by atoms with E-state index in [-0.39, 0.29) is 35.8 Å². The summed E-state index contributed by atoms with van der Waals surface area (Å²) in [6.45, 7) is 9.11. The fourth-order valence-corrected chi connectivity index (χ4v) is 3.46. The van der Waals surface area contributed by atoms with E-state index in [1.165, 1.54) is 4.57 Å². The van der Waals surface area contributed by atoms with Crippen molar-refractivity contribution in [2.45, 2.75) is 40.7 Å². The maximum absolute atomic E-state index is 12.6. The van der Waals surface area contributed by atoms with Gasteiger partial charge in [0.25, 0.3) is 5.56 Å². The standard InChI is InChI=1S/C22H32ClN5O3/c1-14(2)11-27(13-18(29)25-10-9-16-5-7-17(23)8-6-16)19-20(24)28(12-15(3)4)22(31)26-21(19)30/h5-8,14-15H,9-13,24H2,1-4H3,(H,25,29)(H,26,30,31). The van der Waals surface area contributed by atoms with E-state index >= 15 is 0 Å². The average molecular weight is 450 g/mol. The van der Waals surface area contributed by atoms with Crippen molar-refractivity contribution in [2.24, 2.45) is 11.8 Å². The van der Waals surface area contributed by atoms with Gasteiger partial charge in [-0.05, 0) is 36.0 Å². The lowest BCUT2D eigenvalue weighted by molar-refractivity contribution is -0.119. The van der Waals surface area contributed by atoms with Gasteiger partial charge in [-0.3, -0.25) is 19.1 Å². The van der Waals surface area contributed by atoms with E-state index in [4.69, 9.17) is 17.3 Å². The monoisotopic (exact) mass is 449 g/mol. The molecule has 0 bridgehead atoms. The summed E-state index contributed by atoms with van der Waals surface area (Å²) in [5.41, 5.74) is 6.32. The highest BCUT2D eigenvalue weighted by Gasteiger charge is 2.22. The molecule has 0 atom stereocenters. The third kappa shape index (κ3) is 7.17. The molecule has 1 aromatic carbocycles. The van der Waals surface area contributed by atoms with E-state index in [9.17, 15) is 14.4 Å². The summed E-state index contributed by atoms with van der Waals surface area (Å²) in [5.74, 6) is 0.187. The molecule has 1 amide bonds. The van der Waals surface area contributed by atoms with Gasteiger partial charge in [0.1, 0.15) is 11.5 Å². The predicted octanol–water partition coefficient (Wildman–Crippen LogP) is 2.25. The smallest absolute Gasteiger partial charge is 0.330 e. The molecule has 0 aliphatic heterocycles. The zero-order valence-electron chi connectivity index (χ0n) is 18.6. The number of rotatable bonds is 10. The molecule has 4 N–H and O–H groups in total. The second-order valence-corrected chi connectivity index (χ2v) is 8.93. The van der Waals surface area contributed by atoms with Crippen molar-refractivity contribution < 1.29 is 4.79 Å². The fraction of sp³-hybridized carbons (Fsp3) is 0.500. The van der Waals surface area contributed by atoms with E-state index in [0.29, 0.717) is 31.1 Å². The van der Waals surface area contributed by atoms with Gasteiger partial charge in [-0.1, -0.05) is 51.4 Å². The van der Waals surface area contributed by atoms with Crippen molar-refractivity contribution in [3.8, 4) is 0 Å². The van der Waals surface area contributed by atoms with Crippen molar-refractivity contribution in [2.75, 3.05) is 30.3 Å². The Kier molecular flexibility index (Phi) is 8.74. The van der Waals surface area contributed by atoms with Gasteiger partial charge in [0.2, 0.25) is 5.91 Å². The van der Waals surface area contributed by atoms with Crippen molar-refractivity contribution in [3.63, 3.8) is 0 Å². The third-order valence-electron chi connectivity index (χ3n) is 4.65. The normalized spacial score (nSPS) is 11.2. The van der Waals surface area contributed by atoms with Crippen LogP contribution < -0.4 is 27.2 Å². The summed E-state index contributed by atoms with van der Waals surface area (Å²) in [6, 6.07) is 7.45. The number of aromatic nitrogens is 2. The molecule has 2 rings (SSSR count). The summed E-state index contributed by atoms with van der Waals surface area (Å²) in [6.07, 6.45) is 0.662. The van der Waals surface area contributed by atoms with Crippen molar-refractivity contribution in [3.05, 3.63) is 55.7 Å². The molecule has 2 aromatic rings. The number of anilines is 2. The number of nitrogens with one attached hydrogen (secondary N) is 2. The number of nitrogens with zero attached hydrogens (tertiary/aromatic N) is 2. The Morgan fingerprint density at radius 3 is 2.39 bits per heavy atom. The van der Waals surface area contributed by atoms with E-state index in [2.05, 4.69) is 10.3 Å². The molecule has 0 saturated heterocycles. The van der Waals surface area contributed by atoms with Gasteiger partial charge in [0.15, 0.2) is 0 Å². The second-order valence-electron chi connectivity index (χ2n) is 8.50. The summed E-state index contributed by atoms with van der Waals surface area (Å²) in [4.78, 5) is 41.4. The van der Waals surface area contributed by atoms with Crippen LogP contribution in [0.25, 0.3) is 0 Å². The summed E-state index contributed by atoms with van der Waals surface area (Å²) >= 11 is 5.89. The lowest BCUT2D eigenvalue weighted by Gasteiger charge is -2.27. The lowest BCUT2D eigenvalue weighted by atomic mass is 10.1. The van der Waals surface area contributed by atoms with Crippen LogP contribution in [-0.2, 0) is 17.8 Å². The lowest BCUT2D eigenvalue weighted by Crippen LogP contribution is -2.44. The number of H-pyrrole nitrogens is 1. The Labute approximate surface area is 187 Å². The molecule has 1 aromatic heterocycles. The number of carbonyl (C=O) groups is 1. The van der Waals surface area contributed by atoms with Gasteiger partial charge in [-0.25, -0.2) is 4.79 Å². The Morgan fingerprint density at radius 1 is 1.16 bits per heavy atom. The third-order valence-corrected chi connectivity index (χ3v) is 4.90. The van der Waals surface area contributed by atoms with Gasteiger partial charge in [-0.2, -0.15) is 0 Å². The summed E-state index contributed by atoms with van der Waals surface area (Å²) in [5, 5.41) is 3.55. The molecule has 1 heterocycles. The number of hydrogen-bond donors (Lipinski definition) is 3. The van der Waals surface area contributed by atoms with Crippen LogP contribution in [0.4, 0.5) is 11.5 Å². The zero-order valence-corrected chi connectivity index (χ0v) is 19.3. The Balaban J connectivity index is 2.17. The largest absolute Gasteiger partial charge is 0.383 e. The Morgan fingerprint density at radius 2 is 1.81 bits per heavy atom. The minimum Gasteiger partial charge on any atom is -0.383 e. The van der Waals surface area contributed by atoms with Crippen LogP contribution in [0.1, 0.15) is 33.3 Å². The number of nitrogens with two attached hydrogens (primary N) is 1. The minimum atomic E-state index is -0.586. The predicted molar refractivity (Wildman–Crippen MR) is 126 cm³/mol. The average Bonchev–Trinajstić information content (AvgIpc) is 2.66. The molecule has 0 aliphatic carbocycles. The van der Waals surface area contributed by atoms with Crippen LogP contribution in [0.2, 0.25) is 5.02 Å². The first kappa shape index (κ1) is 24.5. The molecule has 170 valence electrons. The maximum atomic E-state index is 12.6. The zero-order chi connectivity index (χ0) is 23.1. The molecule has 8 nitrogen and oxygen atoms in total. The van der Waals surface area contributed by atoms with Crippen LogP contribution in [-0.4, -0.2) is 35.1 Å². The molecular weight excluding hydrogens is 418 g/mol. The molecule has 0 fully saturated rings. The number of carbonyl (C=O) groups excluding carboxylic acids is 1. The van der Waals surface area contributed by atoms with Crippen LogP contribution in [0.3, 0.4) is 0 Å². The summed E-state index contributed by atoms with van der Waals surface area (Å²) in [7, 11) is 0. The molecule has 0 unspecified atom stereocenters. The Bertz CT molecular complexity index is 996. The number of aromatic amines is 1. The SMILES string of the molecule is CC(C)CN(CC(=O)NCCc1ccc(Cl)cc1)c1c(N)n(CC(C)C)c(=O)[nH]c1=O. The minimum absolute atomic E-state index is 0.0358. The van der Waals surface area contributed by atoms with Gasteiger partial charge >= 0.3 is 5.69 Å².